The van der Waals surface area contributed by atoms with E-state index in [1.807, 2.05) is 0 Å². The fourth-order valence-electron chi connectivity index (χ4n) is 3.49. The Bertz CT molecular complexity index is 1060. The Morgan fingerprint density at radius 2 is 2.04 bits per heavy atom. The smallest absolute Gasteiger partial charge is 0.328 e. The zero-order valence-corrected chi connectivity index (χ0v) is 15.0. The number of carbonyl (C=O) groups excluding carboxylic acids is 1. The highest BCUT2D eigenvalue weighted by Crippen LogP contribution is 2.35. The monoisotopic (exact) mass is 383 g/mol. The van der Waals surface area contributed by atoms with Crippen molar-refractivity contribution in [1.82, 2.24) is 9.97 Å². The lowest BCUT2D eigenvalue weighted by atomic mass is 10.1. The molecule has 7 nitrogen and oxygen atoms in total. The van der Waals surface area contributed by atoms with Crippen LogP contribution in [0.3, 0.4) is 0 Å². The van der Waals surface area contributed by atoms with Crippen molar-refractivity contribution < 1.29 is 24.1 Å². The van der Waals surface area contributed by atoms with E-state index in [1.54, 1.807) is 23.1 Å². The van der Waals surface area contributed by atoms with Crippen LogP contribution in [0.25, 0.3) is 22.3 Å². The fraction of sp³-hybridized carbons (Fsp3) is 0.250. The number of para-hydroxylation sites is 1. The molecule has 1 aromatic heterocycles. The predicted molar refractivity (Wildman–Crippen MR) is 100 cm³/mol. The van der Waals surface area contributed by atoms with Gasteiger partial charge in [-0.05, 0) is 30.3 Å². The first kappa shape index (κ1) is 18.1. The lowest BCUT2D eigenvalue weighted by Crippen LogP contribution is -2.37. The molecular formula is C20H18FN3O4. The molecule has 8 heteroatoms. The fourth-order valence-corrected chi connectivity index (χ4v) is 3.49. The molecule has 0 amide bonds. The molecule has 2 heterocycles. The Morgan fingerprint density at radius 3 is 2.79 bits per heavy atom. The van der Waals surface area contributed by atoms with Gasteiger partial charge in [0.05, 0.1) is 24.3 Å². The minimum atomic E-state index is -0.753. The molecule has 0 bridgehead atoms. The number of aromatic hydroxyl groups is 1. The SMILES string of the molecule is COC(=O)[C@@H]1C[C@H](O)CN1c1nc(-c2ccccc2O)nc2ccc(F)cc12. The summed E-state index contributed by atoms with van der Waals surface area (Å²) < 4.78 is 18.8. The van der Waals surface area contributed by atoms with Crippen LogP contribution in [0.5, 0.6) is 5.75 Å². The summed E-state index contributed by atoms with van der Waals surface area (Å²) in [5.74, 6) is -0.446. The van der Waals surface area contributed by atoms with Gasteiger partial charge in [0.25, 0.3) is 0 Å². The Kier molecular flexibility index (Phi) is 4.56. The van der Waals surface area contributed by atoms with Crippen LogP contribution in [0.1, 0.15) is 6.42 Å². The molecule has 28 heavy (non-hydrogen) atoms. The average molecular weight is 383 g/mol. The van der Waals surface area contributed by atoms with Gasteiger partial charge in [0.15, 0.2) is 5.82 Å². The number of rotatable bonds is 3. The highest BCUT2D eigenvalue weighted by molar-refractivity contribution is 5.94. The number of β-amino-alcohol motifs (C(OH)–C–C–N with tert-alkyl or cyclic N) is 1. The van der Waals surface area contributed by atoms with Crippen LogP contribution in [0.4, 0.5) is 10.2 Å². The second kappa shape index (κ2) is 7.05. The van der Waals surface area contributed by atoms with Gasteiger partial charge in [0.1, 0.15) is 23.4 Å². The highest BCUT2D eigenvalue weighted by atomic mass is 19.1. The van der Waals surface area contributed by atoms with Crippen molar-refractivity contribution in [2.24, 2.45) is 0 Å². The van der Waals surface area contributed by atoms with Gasteiger partial charge in [-0.1, -0.05) is 12.1 Å². The zero-order valence-electron chi connectivity index (χ0n) is 15.0. The number of phenols is 1. The van der Waals surface area contributed by atoms with Crippen LogP contribution in [0, 0.1) is 5.82 Å². The van der Waals surface area contributed by atoms with Gasteiger partial charge in [-0.3, -0.25) is 0 Å². The number of fused-ring (bicyclic) bond motifs is 1. The zero-order chi connectivity index (χ0) is 19.8. The van der Waals surface area contributed by atoms with Gasteiger partial charge >= 0.3 is 5.97 Å². The van der Waals surface area contributed by atoms with E-state index < -0.39 is 23.9 Å². The van der Waals surface area contributed by atoms with Crippen molar-refractivity contribution in [2.45, 2.75) is 18.6 Å². The molecule has 1 aliphatic rings. The number of halogens is 1. The number of benzene rings is 2. The van der Waals surface area contributed by atoms with Crippen LogP contribution in [0.2, 0.25) is 0 Å². The largest absolute Gasteiger partial charge is 0.507 e. The second-order valence-corrected chi connectivity index (χ2v) is 6.63. The van der Waals surface area contributed by atoms with E-state index in [0.717, 1.165) is 0 Å². The van der Waals surface area contributed by atoms with Crippen molar-refractivity contribution in [3.05, 3.63) is 48.3 Å². The maximum absolute atomic E-state index is 13.9. The van der Waals surface area contributed by atoms with E-state index in [0.29, 0.717) is 22.3 Å². The van der Waals surface area contributed by atoms with Crippen molar-refractivity contribution in [1.29, 1.82) is 0 Å². The predicted octanol–water partition coefficient (Wildman–Crippen LogP) is 2.25. The number of hydrogen-bond acceptors (Lipinski definition) is 7. The topological polar surface area (TPSA) is 95.8 Å². The third kappa shape index (κ3) is 3.11. The summed E-state index contributed by atoms with van der Waals surface area (Å²) in [4.78, 5) is 22.8. The normalized spacial score (nSPS) is 19.2. The molecule has 144 valence electrons. The van der Waals surface area contributed by atoms with Crippen LogP contribution < -0.4 is 4.90 Å². The van der Waals surface area contributed by atoms with E-state index in [2.05, 4.69) is 9.97 Å². The van der Waals surface area contributed by atoms with Gasteiger partial charge in [-0.2, -0.15) is 0 Å². The summed E-state index contributed by atoms with van der Waals surface area (Å²) in [6.07, 6.45) is -0.574. The van der Waals surface area contributed by atoms with Gasteiger partial charge in [-0.15, -0.1) is 0 Å². The molecule has 1 aliphatic heterocycles. The number of anilines is 1. The molecule has 2 atom stereocenters. The molecule has 0 unspecified atom stereocenters. The second-order valence-electron chi connectivity index (χ2n) is 6.63. The summed E-state index contributed by atoms with van der Waals surface area (Å²) in [6, 6.07) is 9.94. The molecule has 0 aliphatic carbocycles. The minimum Gasteiger partial charge on any atom is -0.507 e. The lowest BCUT2D eigenvalue weighted by Gasteiger charge is -2.25. The number of carbonyl (C=O) groups is 1. The molecule has 0 radical (unpaired) electrons. The van der Waals surface area contributed by atoms with E-state index >= 15 is 0 Å². The molecule has 0 saturated carbocycles. The molecule has 3 aromatic rings. The molecule has 2 N–H and O–H groups in total. The number of aliphatic hydroxyl groups is 1. The minimum absolute atomic E-state index is 0.000821. The molecule has 1 saturated heterocycles. The average Bonchev–Trinajstić information content (AvgIpc) is 3.08. The van der Waals surface area contributed by atoms with Crippen LogP contribution in [-0.4, -0.2) is 52.0 Å². The molecule has 2 aromatic carbocycles. The number of hydrogen-bond donors (Lipinski definition) is 2. The van der Waals surface area contributed by atoms with Gasteiger partial charge in [-0.25, -0.2) is 19.2 Å². The standard InChI is InChI=1S/C20H18FN3O4/c1-28-20(27)16-9-12(25)10-24(16)19-14-8-11(21)6-7-15(14)22-18(23-19)13-4-2-3-5-17(13)26/h2-8,12,16,25-26H,9-10H2,1H3/t12-,16-/m0/s1. The number of aliphatic hydroxyl groups excluding tert-OH is 1. The van der Waals surface area contributed by atoms with E-state index in [-0.39, 0.29) is 24.5 Å². The quantitative estimate of drug-likeness (QED) is 0.670. The number of aromatic nitrogens is 2. The molecule has 0 spiro atoms. The number of ether oxygens (including phenoxy) is 1. The Hall–Kier alpha value is -3.26. The van der Waals surface area contributed by atoms with E-state index in [1.165, 1.54) is 31.4 Å². The van der Waals surface area contributed by atoms with Crippen molar-refractivity contribution in [3.8, 4) is 17.1 Å². The van der Waals surface area contributed by atoms with Crippen LogP contribution >= 0.6 is 0 Å². The van der Waals surface area contributed by atoms with Crippen LogP contribution in [0.15, 0.2) is 42.5 Å². The third-order valence-electron chi connectivity index (χ3n) is 4.81. The first-order chi connectivity index (χ1) is 13.5. The first-order valence-electron chi connectivity index (χ1n) is 8.76. The molecule has 4 rings (SSSR count). The number of nitrogens with zero attached hydrogens (tertiary/aromatic N) is 3. The number of methoxy groups -OCH3 is 1. The van der Waals surface area contributed by atoms with Gasteiger partial charge < -0.3 is 19.8 Å². The van der Waals surface area contributed by atoms with Crippen molar-refractivity contribution >= 4 is 22.7 Å². The van der Waals surface area contributed by atoms with E-state index in [4.69, 9.17) is 4.74 Å². The van der Waals surface area contributed by atoms with E-state index in [9.17, 15) is 19.4 Å². The first-order valence-corrected chi connectivity index (χ1v) is 8.76. The van der Waals surface area contributed by atoms with Crippen LogP contribution in [-0.2, 0) is 9.53 Å². The van der Waals surface area contributed by atoms with Crippen molar-refractivity contribution in [3.63, 3.8) is 0 Å². The van der Waals surface area contributed by atoms with Gasteiger partial charge in [0.2, 0.25) is 0 Å². The summed E-state index contributed by atoms with van der Waals surface area (Å²) in [7, 11) is 1.27. The maximum atomic E-state index is 13.9. The summed E-state index contributed by atoms with van der Waals surface area (Å²) in [6.45, 7) is 0.141. The highest BCUT2D eigenvalue weighted by Gasteiger charge is 2.38. The van der Waals surface area contributed by atoms with Crippen molar-refractivity contribution in [2.75, 3.05) is 18.6 Å². The number of esters is 1. The summed E-state index contributed by atoms with van der Waals surface area (Å²) in [5, 5.41) is 20.7. The number of phenolic OH excluding ortho intramolecular Hbond substituents is 1. The Balaban J connectivity index is 1.94. The Labute approximate surface area is 160 Å². The maximum Gasteiger partial charge on any atom is 0.328 e. The lowest BCUT2D eigenvalue weighted by molar-refractivity contribution is -0.142. The summed E-state index contributed by atoms with van der Waals surface area (Å²) in [5.41, 5.74) is 0.860. The summed E-state index contributed by atoms with van der Waals surface area (Å²) >= 11 is 0. The molecule has 1 fully saturated rings. The third-order valence-corrected chi connectivity index (χ3v) is 4.81. The molecular weight excluding hydrogens is 365 g/mol. The Morgan fingerprint density at radius 1 is 1.25 bits per heavy atom. The van der Waals surface area contributed by atoms with Gasteiger partial charge in [0, 0.05) is 18.4 Å².